The Balaban J connectivity index is 1.45. The molecular formula is C23H24N2O3S2. The number of anilines is 1. The summed E-state index contributed by atoms with van der Waals surface area (Å²) in [5.74, 6) is -0.182. The van der Waals surface area contributed by atoms with E-state index in [4.69, 9.17) is 0 Å². The molecule has 156 valence electrons. The zero-order chi connectivity index (χ0) is 21.3. The SMILES string of the molecule is C[C@@H](NC(=O)c1ccc(N(C)S(=O)(=O)c2cccs2)cc1)c1ccc2c(c1)CCC2. The first-order chi connectivity index (χ1) is 14.4. The number of benzene rings is 2. The zero-order valence-electron chi connectivity index (χ0n) is 17.0. The Labute approximate surface area is 181 Å². The van der Waals surface area contributed by atoms with Crippen molar-refractivity contribution in [2.24, 2.45) is 0 Å². The van der Waals surface area contributed by atoms with Crippen LogP contribution in [0.5, 0.6) is 0 Å². The van der Waals surface area contributed by atoms with Crippen LogP contribution in [0.2, 0.25) is 0 Å². The van der Waals surface area contributed by atoms with Crippen LogP contribution >= 0.6 is 11.3 Å². The largest absolute Gasteiger partial charge is 0.346 e. The van der Waals surface area contributed by atoms with E-state index in [-0.39, 0.29) is 16.2 Å². The molecular weight excluding hydrogens is 416 g/mol. The molecule has 0 bridgehead atoms. The molecule has 0 fully saturated rings. The molecule has 2 aromatic carbocycles. The Hall–Kier alpha value is -2.64. The average Bonchev–Trinajstić information content (AvgIpc) is 3.44. The van der Waals surface area contributed by atoms with Crippen molar-refractivity contribution < 1.29 is 13.2 Å². The molecule has 7 heteroatoms. The van der Waals surface area contributed by atoms with Gasteiger partial charge in [-0.05, 0) is 78.6 Å². The summed E-state index contributed by atoms with van der Waals surface area (Å²) < 4.78 is 26.8. The van der Waals surface area contributed by atoms with E-state index in [0.29, 0.717) is 11.3 Å². The van der Waals surface area contributed by atoms with Gasteiger partial charge < -0.3 is 5.32 Å². The van der Waals surface area contributed by atoms with Gasteiger partial charge in [-0.15, -0.1) is 11.3 Å². The van der Waals surface area contributed by atoms with E-state index in [2.05, 4.69) is 23.5 Å². The highest BCUT2D eigenvalue weighted by Gasteiger charge is 2.22. The lowest BCUT2D eigenvalue weighted by atomic mass is 10.0. The Morgan fingerprint density at radius 1 is 1.07 bits per heavy atom. The number of nitrogens with one attached hydrogen (secondary N) is 1. The Morgan fingerprint density at radius 3 is 2.50 bits per heavy atom. The molecule has 1 aromatic heterocycles. The highest BCUT2D eigenvalue weighted by Crippen LogP contribution is 2.27. The van der Waals surface area contributed by atoms with Gasteiger partial charge in [0, 0.05) is 12.6 Å². The number of thiophene rings is 1. The van der Waals surface area contributed by atoms with Gasteiger partial charge in [0.25, 0.3) is 15.9 Å². The third-order valence-electron chi connectivity index (χ3n) is 5.57. The molecule has 0 unspecified atom stereocenters. The first-order valence-corrected chi connectivity index (χ1v) is 12.2. The Bertz CT molecular complexity index is 1150. The van der Waals surface area contributed by atoms with Crippen LogP contribution in [0.25, 0.3) is 0 Å². The smallest absolute Gasteiger partial charge is 0.273 e. The van der Waals surface area contributed by atoms with Gasteiger partial charge in [-0.1, -0.05) is 24.3 Å². The summed E-state index contributed by atoms with van der Waals surface area (Å²) in [5, 5.41) is 4.77. The van der Waals surface area contributed by atoms with E-state index >= 15 is 0 Å². The van der Waals surface area contributed by atoms with Gasteiger partial charge in [0.15, 0.2) is 0 Å². The maximum Gasteiger partial charge on any atom is 0.273 e. The lowest BCUT2D eigenvalue weighted by Gasteiger charge is -2.19. The maximum atomic E-state index is 12.7. The molecule has 0 aliphatic heterocycles. The normalized spacial score (nSPS) is 14.2. The molecule has 4 rings (SSSR count). The minimum absolute atomic E-state index is 0.107. The second kappa shape index (κ2) is 8.24. The van der Waals surface area contributed by atoms with E-state index in [9.17, 15) is 13.2 Å². The molecule has 1 aliphatic rings. The van der Waals surface area contributed by atoms with E-state index in [1.54, 1.807) is 41.8 Å². The van der Waals surface area contributed by atoms with Crippen LogP contribution in [-0.4, -0.2) is 21.4 Å². The summed E-state index contributed by atoms with van der Waals surface area (Å²) in [5.41, 5.74) is 4.89. The predicted molar refractivity (Wildman–Crippen MR) is 121 cm³/mol. The van der Waals surface area contributed by atoms with Crippen molar-refractivity contribution in [3.05, 3.63) is 82.2 Å². The fraction of sp³-hybridized carbons (Fsp3) is 0.261. The molecule has 3 aromatic rings. The minimum atomic E-state index is -3.59. The van der Waals surface area contributed by atoms with E-state index in [0.717, 1.165) is 18.4 Å². The standard InChI is InChI=1S/C23H24N2O3S2/c1-16(19-9-8-17-5-3-6-20(17)15-19)24-23(26)18-10-12-21(13-11-18)25(2)30(27,28)22-7-4-14-29-22/h4,7-16H,3,5-6H2,1-2H3,(H,24,26)/t16-/m1/s1. The van der Waals surface area contributed by atoms with E-state index in [1.165, 1.54) is 40.2 Å². The second-order valence-electron chi connectivity index (χ2n) is 7.53. The van der Waals surface area contributed by atoms with Crippen LogP contribution in [0.15, 0.2) is 64.2 Å². The van der Waals surface area contributed by atoms with Crippen LogP contribution in [0, 0.1) is 0 Å². The molecule has 1 amide bonds. The van der Waals surface area contributed by atoms with Gasteiger partial charge in [0.05, 0.1) is 11.7 Å². The van der Waals surface area contributed by atoms with Crippen molar-refractivity contribution in [1.29, 1.82) is 0 Å². The van der Waals surface area contributed by atoms with Gasteiger partial charge >= 0.3 is 0 Å². The quantitative estimate of drug-likeness (QED) is 0.611. The molecule has 0 saturated carbocycles. The predicted octanol–water partition coefficient (Wildman–Crippen LogP) is 4.55. The fourth-order valence-electron chi connectivity index (χ4n) is 3.73. The van der Waals surface area contributed by atoms with Crippen molar-refractivity contribution in [2.75, 3.05) is 11.4 Å². The Morgan fingerprint density at radius 2 is 1.80 bits per heavy atom. The minimum Gasteiger partial charge on any atom is -0.346 e. The number of rotatable bonds is 6. The Kier molecular flexibility index (Phi) is 5.66. The highest BCUT2D eigenvalue weighted by atomic mass is 32.2. The third-order valence-corrected chi connectivity index (χ3v) is 8.73. The van der Waals surface area contributed by atoms with Gasteiger partial charge in [0.1, 0.15) is 4.21 Å². The van der Waals surface area contributed by atoms with Crippen LogP contribution in [0.4, 0.5) is 5.69 Å². The molecule has 30 heavy (non-hydrogen) atoms. The molecule has 1 N–H and O–H groups in total. The van der Waals surface area contributed by atoms with Crippen molar-refractivity contribution in [3.63, 3.8) is 0 Å². The van der Waals surface area contributed by atoms with Crippen LogP contribution in [-0.2, 0) is 22.9 Å². The molecule has 1 heterocycles. The van der Waals surface area contributed by atoms with E-state index in [1.807, 2.05) is 6.92 Å². The number of aryl methyl sites for hydroxylation is 2. The van der Waals surface area contributed by atoms with Gasteiger partial charge in [0.2, 0.25) is 0 Å². The number of hydrogen-bond acceptors (Lipinski definition) is 4. The number of fused-ring (bicyclic) bond motifs is 1. The molecule has 0 radical (unpaired) electrons. The summed E-state index contributed by atoms with van der Waals surface area (Å²) in [4.78, 5) is 12.7. The number of carbonyl (C=O) groups is 1. The van der Waals surface area contributed by atoms with Crippen molar-refractivity contribution in [2.45, 2.75) is 36.4 Å². The molecule has 0 saturated heterocycles. The van der Waals surface area contributed by atoms with Crippen LogP contribution < -0.4 is 9.62 Å². The molecule has 1 aliphatic carbocycles. The zero-order valence-corrected chi connectivity index (χ0v) is 18.6. The van der Waals surface area contributed by atoms with Crippen LogP contribution in [0.3, 0.4) is 0 Å². The first kappa shape index (κ1) is 20.6. The highest BCUT2D eigenvalue weighted by molar-refractivity contribution is 7.94. The van der Waals surface area contributed by atoms with Gasteiger partial charge in [-0.25, -0.2) is 8.42 Å². The molecule has 1 atom stereocenters. The average molecular weight is 441 g/mol. The molecule has 5 nitrogen and oxygen atoms in total. The first-order valence-electron chi connectivity index (χ1n) is 9.91. The monoisotopic (exact) mass is 440 g/mol. The van der Waals surface area contributed by atoms with Crippen molar-refractivity contribution in [3.8, 4) is 0 Å². The van der Waals surface area contributed by atoms with Crippen molar-refractivity contribution in [1.82, 2.24) is 5.32 Å². The van der Waals surface area contributed by atoms with Gasteiger partial charge in [-0.3, -0.25) is 9.10 Å². The van der Waals surface area contributed by atoms with E-state index < -0.39 is 10.0 Å². The van der Waals surface area contributed by atoms with Gasteiger partial charge in [-0.2, -0.15) is 0 Å². The van der Waals surface area contributed by atoms with Crippen LogP contribution in [0.1, 0.15) is 46.4 Å². The lowest BCUT2D eigenvalue weighted by Crippen LogP contribution is -2.27. The fourth-order valence-corrected chi connectivity index (χ4v) is 6.09. The lowest BCUT2D eigenvalue weighted by molar-refractivity contribution is 0.0940. The number of nitrogens with zero attached hydrogens (tertiary/aromatic N) is 1. The summed E-state index contributed by atoms with van der Waals surface area (Å²) in [7, 11) is -2.08. The number of carbonyl (C=O) groups excluding carboxylic acids is 1. The third kappa shape index (κ3) is 4.00. The second-order valence-corrected chi connectivity index (χ2v) is 10.7. The summed E-state index contributed by atoms with van der Waals surface area (Å²) in [6.07, 6.45) is 3.44. The number of hydrogen-bond donors (Lipinski definition) is 1. The summed E-state index contributed by atoms with van der Waals surface area (Å²) in [6, 6.07) is 16.2. The maximum absolute atomic E-state index is 12.7. The topological polar surface area (TPSA) is 66.5 Å². The molecule has 0 spiro atoms. The summed E-state index contributed by atoms with van der Waals surface area (Å²) in [6.45, 7) is 1.98. The number of sulfonamides is 1. The number of amides is 1. The summed E-state index contributed by atoms with van der Waals surface area (Å²) >= 11 is 1.18. The van der Waals surface area contributed by atoms with Crippen molar-refractivity contribution >= 4 is 33.0 Å².